The van der Waals surface area contributed by atoms with Crippen LogP contribution in [-0.4, -0.2) is 38.6 Å². The second kappa shape index (κ2) is 5.71. The molecule has 0 atom stereocenters. The number of rotatable bonds is 4. The Balaban J connectivity index is 3.04. The van der Waals surface area contributed by atoms with E-state index < -0.39 is 21.5 Å². The lowest BCUT2D eigenvalue weighted by Crippen LogP contribution is -2.32. The van der Waals surface area contributed by atoms with E-state index in [0.29, 0.717) is 16.7 Å². The van der Waals surface area contributed by atoms with E-state index in [2.05, 4.69) is 15.9 Å². The molecule has 0 heterocycles. The molecule has 18 heavy (non-hydrogen) atoms. The van der Waals surface area contributed by atoms with E-state index >= 15 is 0 Å². The van der Waals surface area contributed by atoms with Gasteiger partial charge in [-0.1, -0.05) is 0 Å². The summed E-state index contributed by atoms with van der Waals surface area (Å²) in [6, 6.07) is 4.39. The van der Waals surface area contributed by atoms with Gasteiger partial charge in [0.15, 0.2) is 9.84 Å². The Morgan fingerprint density at radius 1 is 1.44 bits per heavy atom. The van der Waals surface area contributed by atoms with E-state index in [4.69, 9.17) is 5.73 Å². The summed E-state index contributed by atoms with van der Waals surface area (Å²) in [5.74, 6) is -0.971. The fourth-order valence-electron chi connectivity index (χ4n) is 1.30. The van der Waals surface area contributed by atoms with Crippen LogP contribution in [0.2, 0.25) is 0 Å². The van der Waals surface area contributed by atoms with Crippen molar-refractivity contribution < 1.29 is 13.2 Å². The Morgan fingerprint density at radius 3 is 2.56 bits per heavy atom. The minimum Gasteiger partial charge on any atom is -0.399 e. The molecule has 0 saturated heterocycles. The molecule has 2 N–H and O–H groups in total. The van der Waals surface area contributed by atoms with Crippen LogP contribution in [0.25, 0.3) is 0 Å². The molecule has 0 aliphatic heterocycles. The fourth-order valence-corrected chi connectivity index (χ4v) is 3.76. The summed E-state index contributed by atoms with van der Waals surface area (Å²) in [7, 11) is -2.09. The second-order valence-electron chi connectivity index (χ2n) is 3.86. The zero-order valence-corrected chi connectivity index (χ0v) is 12.6. The summed E-state index contributed by atoms with van der Waals surface area (Å²) in [5.41, 5.74) is 6.00. The number of sulfone groups is 1. The standard InChI is InChI=1S/C11H15BrN2O3S/c1-3-14(2)11(15)7-18(16,17)10-5-4-8(13)6-9(10)12/h4-6H,3,7,13H2,1-2H3. The van der Waals surface area contributed by atoms with Crippen LogP contribution in [0.15, 0.2) is 27.6 Å². The number of halogens is 1. The summed E-state index contributed by atoms with van der Waals surface area (Å²) in [4.78, 5) is 13.1. The summed E-state index contributed by atoms with van der Waals surface area (Å²) < 4.78 is 24.5. The highest BCUT2D eigenvalue weighted by Gasteiger charge is 2.23. The van der Waals surface area contributed by atoms with Crippen molar-refractivity contribution in [3.05, 3.63) is 22.7 Å². The molecule has 7 heteroatoms. The summed E-state index contributed by atoms with van der Waals surface area (Å²) in [6.45, 7) is 2.25. The molecule has 0 unspecified atom stereocenters. The largest absolute Gasteiger partial charge is 0.399 e. The molecule has 100 valence electrons. The van der Waals surface area contributed by atoms with Crippen molar-refractivity contribution in [2.45, 2.75) is 11.8 Å². The van der Waals surface area contributed by atoms with Crippen LogP contribution >= 0.6 is 15.9 Å². The molecule has 5 nitrogen and oxygen atoms in total. The molecule has 0 fully saturated rings. The quantitative estimate of drug-likeness (QED) is 0.841. The van der Waals surface area contributed by atoms with E-state index in [1.54, 1.807) is 14.0 Å². The lowest BCUT2D eigenvalue weighted by atomic mass is 10.3. The number of anilines is 1. The summed E-state index contributed by atoms with van der Waals surface area (Å²) in [6.07, 6.45) is 0. The number of nitrogens with two attached hydrogens (primary N) is 1. The number of carbonyl (C=O) groups excluding carboxylic acids is 1. The molecule has 0 saturated carbocycles. The lowest BCUT2D eigenvalue weighted by Gasteiger charge is -2.14. The number of nitrogens with zero attached hydrogens (tertiary/aromatic N) is 1. The van der Waals surface area contributed by atoms with Crippen LogP contribution in [-0.2, 0) is 14.6 Å². The Kier molecular flexibility index (Phi) is 4.75. The van der Waals surface area contributed by atoms with Crippen LogP contribution in [0.5, 0.6) is 0 Å². The van der Waals surface area contributed by atoms with Crippen molar-refractivity contribution in [2.24, 2.45) is 0 Å². The van der Waals surface area contributed by atoms with Gasteiger partial charge in [0.05, 0.1) is 4.90 Å². The molecule has 0 bridgehead atoms. The number of amides is 1. The van der Waals surface area contributed by atoms with E-state index in [9.17, 15) is 13.2 Å². The average molecular weight is 335 g/mol. The molecule has 1 aromatic carbocycles. The molecule has 0 radical (unpaired) electrons. The average Bonchev–Trinajstić information content (AvgIpc) is 2.26. The van der Waals surface area contributed by atoms with Crippen molar-refractivity contribution in [2.75, 3.05) is 25.1 Å². The molecule has 0 spiro atoms. The lowest BCUT2D eigenvalue weighted by molar-refractivity contribution is -0.126. The van der Waals surface area contributed by atoms with Gasteiger partial charge < -0.3 is 10.6 Å². The van der Waals surface area contributed by atoms with Gasteiger partial charge in [0, 0.05) is 23.8 Å². The van der Waals surface area contributed by atoms with Gasteiger partial charge in [-0.05, 0) is 41.1 Å². The maximum absolute atomic E-state index is 12.1. The third kappa shape index (κ3) is 3.46. The molecule has 0 aliphatic rings. The van der Waals surface area contributed by atoms with Gasteiger partial charge in [0.1, 0.15) is 5.75 Å². The third-order valence-electron chi connectivity index (χ3n) is 2.50. The number of nitrogen functional groups attached to an aromatic ring is 1. The van der Waals surface area contributed by atoms with Gasteiger partial charge >= 0.3 is 0 Å². The number of hydrogen-bond donors (Lipinski definition) is 1. The van der Waals surface area contributed by atoms with Gasteiger partial charge in [0.2, 0.25) is 5.91 Å². The number of benzene rings is 1. The van der Waals surface area contributed by atoms with Crippen molar-refractivity contribution >= 4 is 37.4 Å². The predicted octanol–water partition coefficient (Wildman–Crippen LogP) is 1.28. The molecule has 1 aromatic rings. The normalized spacial score (nSPS) is 11.3. The van der Waals surface area contributed by atoms with Gasteiger partial charge in [-0.3, -0.25) is 4.79 Å². The zero-order valence-electron chi connectivity index (χ0n) is 10.2. The molecule has 0 aliphatic carbocycles. The van der Waals surface area contributed by atoms with Crippen molar-refractivity contribution in [3.63, 3.8) is 0 Å². The van der Waals surface area contributed by atoms with Gasteiger partial charge in [-0.15, -0.1) is 0 Å². The van der Waals surface area contributed by atoms with Crippen LogP contribution in [0.4, 0.5) is 5.69 Å². The topological polar surface area (TPSA) is 80.5 Å². The SMILES string of the molecule is CCN(C)C(=O)CS(=O)(=O)c1ccc(N)cc1Br. The summed E-state index contributed by atoms with van der Waals surface area (Å²) >= 11 is 3.14. The van der Waals surface area contributed by atoms with Crippen LogP contribution < -0.4 is 5.73 Å². The maximum Gasteiger partial charge on any atom is 0.237 e. The first kappa shape index (κ1) is 15.0. The molecule has 1 rings (SSSR count). The Labute approximate surface area is 115 Å². The first-order valence-electron chi connectivity index (χ1n) is 5.29. The van der Waals surface area contributed by atoms with E-state index in [1.807, 2.05) is 0 Å². The van der Waals surface area contributed by atoms with Gasteiger partial charge in [-0.2, -0.15) is 0 Å². The van der Waals surface area contributed by atoms with Crippen molar-refractivity contribution in [3.8, 4) is 0 Å². The van der Waals surface area contributed by atoms with Gasteiger partial charge in [0.25, 0.3) is 0 Å². The van der Waals surface area contributed by atoms with E-state index in [0.717, 1.165) is 0 Å². The Hall–Kier alpha value is -1.08. The van der Waals surface area contributed by atoms with Crippen LogP contribution in [0.1, 0.15) is 6.92 Å². The van der Waals surface area contributed by atoms with E-state index in [1.165, 1.54) is 23.1 Å². The first-order chi connectivity index (χ1) is 8.27. The van der Waals surface area contributed by atoms with Crippen molar-refractivity contribution in [1.82, 2.24) is 4.90 Å². The van der Waals surface area contributed by atoms with Crippen LogP contribution in [0.3, 0.4) is 0 Å². The van der Waals surface area contributed by atoms with E-state index in [-0.39, 0.29) is 4.90 Å². The predicted molar refractivity (Wildman–Crippen MR) is 73.9 cm³/mol. The third-order valence-corrected chi connectivity index (χ3v) is 5.08. The molecule has 1 amide bonds. The summed E-state index contributed by atoms with van der Waals surface area (Å²) in [5, 5.41) is 0. The highest BCUT2D eigenvalue weighted by Crippen LogP contribution is 2.25. The second-order valence-corrected chi connectivity index (χ2v) is 6.67. The van der Waals surface area contributed by atoms with Crippen LogP contribution in [0, 0.1) is 0 Å². The molecular weight excluding hydrogens is 320 g/mol. The Morgan fingerprint density at radius 2 is 2.06 bits per heavy atom. The maximum atomic E-state index is 12.1. The molecule has 0 aromatic heterocycles. The van der Waals surface area contributed by atoms with Crippen molar-refractivity contribution in [1.29, 1.82) is 0 Å². The van der Waals surface area contributed by atoms with Gasteiger partial charge in [-0.25, -0.2) is 8.42 Å². The first-order valence-corrected chi connectivity index (χ1v) is 7.74. The number of carbonyl (C=O) groups is 1. The number of hydrogen-bond acceptors (Lipinski definition) is 4. The molecular formula is C11H15BrN2O3S. The minimum atomic E-state index is -3.66. The zero-order chi connectivity index (χ0) is 13.9. The monoisotopic (exact) mass is 334 g/mol. The smallest absolute Gasteiger partial charge is 0.237 e. The minimum absolute atomic E-state index is 0.0783. The Bertz CT molecular complexity index is 557. The highest BCUT2D eigenvalue weighted by atomic mass is 79.9. The fraction of sp³-hybridized carbons (Fsp3) is 0.364. The highest BCUT2D eigenvalue weighted by molar-refractivity contribution is 9.10.